The van der Waals surface area contributed by atoms with Gasteiger partial charge in [-0.1, -0.05) is 11.8 Å². The summed E-state index contributed by atoms with van der Waals surface area (Å²) in [5, 5.41) is 8.09. The van der Waals surface area contributed by atoms with Crippen molar-refractivity contribution in [1.29, 1.82) is 0 Å². The van der Waals surface area contributed by atoms with E-state index in [1.54, 1.807) is 17.1 Å². The average Bonchev–Trinajstić information content (AvgIpc) is 2.70. The lowest BCUT2D eigenvalue weighted by Gasteiger charge is -2.04. The SMILES string of the molecule is CNc1c(-c2ccnc(SC)n2)cnn1C. The first-order chi connectivity index (χ1) is 7.76. The lowest BCUT2D eigenvalue weighted by atomic mass is 10.2. The summed E-state index contributed by atoms with van der Waals surface area (Å²) in [5.74, 6) is 0.950. The van der Waals surface area contributed by atoms with Crippen LogP contribution in [0.25, 0.3) is 11.3 Å². The monoisotopic (exact) mass is 235 g/mol. The molecule has 2 heterocycles. The van der Waals surface area contributed by atoms with Crippen molar-refractivity contribution >= 4 is 17.6 Å². The Morgan fingerprint density at radius 2 is 2.25 bits per heavy atom. The zero-order valence-electron chi connectivity index (χ0n) is 9.43. The molecule has 1 N–H and O–H groups in total. The third kappa shape index (κ3) is 1.88. The average molecular weight is 235 g/mol. The molecule has 0 unspecified atom stereocenters. The minimum atomic E-state index is 0.767. The number of aromatic nitrogens is 4. The van der Waals surface area contributed by atoms with E-state index in [0.29, 0.717) is 0 Å². The van der Waals surface area contributed by atoms with Gasteiger partial charge in [-0.3, -0.25) is 4.68 Å². The molecule has 2 aromatic rings. The van der Waals surface area contributed by atoms with E-state index in [2.05, 4.69) is 20.4 Å². The molecule has 0 aliphatic rings. The molecule has 6 heteroatoms. The lowest BCUT2D eigenvalue weighted by Crippen LogP contribution is -2.00. The molecule has 5 nitrogen and oxygen atoms in total. The van der Waals surface area contributed by atoms with Gasteiger partial charge in [0.2, 0.25) is 0 Å². The van der Waals surface area contributed by atoms with E-state index in [0.717, 1.165) is 22.2 Å². The summed E-state index contributed by atoms with van der Waals surface area (Å²) in [5.41, 5.74) is 1.87. The molecule has 0 spiro atoms. The highest BCUT2D eigenvalue weighted by Crippen LogP contribution is 2.25. The minimum absolute atomic E-state index is 0.767. The van der Waals surface area contributed by atoms with Crippen LogP contribution in [0.5, 0.6) is 0 Å². The fourth-order valence-corrected chi connectivity index (χ4v) is 1.87. The number of anilines is 1. The number of aryl methyl sites for hydroxylation is 1. The second kappa shape index (κ2) is 4.52. The van der Waals surface area contributed by atoms with Crippen molar-refractivity contribution in [3.63, 3.8) is 0 Å². The van der Waals surface area contributed by atoms with Gasteiger partial charge in [0.25, 0.3) is 0 Å². The van der Waals surface area contributed by atoms with E-state index < -0.39 is 0 Å². The normalized spacial score (nSPS) is 10.4. The van der Waals surface area contributed by atoms with Gasteiger partial charge in [0.05, 0.1) is 17.5 Å². The van der Waals surface area contributed by atoms with Crippen LogP contribution in [0.1, 0.15) is 0 Å². The van der Waals surface area contributed by atoms with Crippen molar-refractivity contribution in [2.75, 3.05) is 18.6 Å². The van der Waals surface area contributed by atoms with Crippen LogP contribution in [0.2, 0.25) is 0 Å². The second-order valence-electron chi connectivity index (χ2n) is 3.21. The molecule has 0 atom stereocenters. The number of thioether (sulfide) groups is 1. The second-order valence-corrected chi connectivity index (χ2v) is 3.98. The summed E-state index contributed by atoms with van der Waals surface area (Å²) >= 11 is 1.53. The van der Waals surface area contributed by atoms with Gasteiger partial charge < -0.3 is 5.32 Å². The highest BCUT2D eigenvalue weighted by atomic mass is 32.2. The lowest BCUT2D eigenvalue weighted by molar-refractivity contribution is 0.775. The van der Waals surface area contributed by atoms with Crippen LogP contribution in [0.3, 0.4) is 0 Å². The minimum Gasteiger partial charge on any atom is -0.373 e. The highest BCUT2D eigenvalue weighted by Gasteiger charge is 2.10. The van der Waals surface area contributed by atoms with Gasteiger partial charge in [0.1, 0.15) is 5.82 Å². The molecule has 2 rings (SSSR count). The molecule has 0 saturated carbocycles. The van der Waals surface area contributed by atoms with E-state index in [1.165, 1.54) is 11.8 Å². The molecule has 0 aliphatic carbocycles. The topological polar surface area (TPSA) is 55.6 Å². The molecule has 2 aromatic heterocycles. The van der Waals surface area contributed by atoms with Crippen LogP contribution in [0, 0.1) is 0 Å². The van der Waals surface area contributed by atoms with Crippen LogP contribution >= 0.6 is 11.8 Å². The summed E-state index contributed by atoms with van der Waals surface area (Å²) in [6.45, 7) is 0. The summed E-state index contributed by atoms with van der Waals surface area (Å²) in [6, 6.07) is 1.89. The van der Waals surface area contributed by atoms with Gasteiger partial charge in [-0.15, -0.1) is 0 Å². The van der Waals surface area contributed by atoms with E-state index >= 15 is 0 Å². The van der Waals surface area contributed by atoms with Crippen molar-refractivity contribution < 1.29 is 0 Å². The van der Waals surface area contributed by atoms with Crippen LogP contribution in [-0.2, 0) is 7.05 Å². The molecular formula is C10H13N5S. The van der Waals surface area contributed by atoms with Gasteiger partial charge >= 0.3 is 0 Å². The van der Waals surface area contributed by atoms with Gasteiger partial charge in [-0.2, -0.15) is 5.10 Å². The van der Waals surface area contributed by atoms with Gasteiger partial charge in [0.15, 0.2) is 5.16 Å². The molecule has 0 saturated heterocycles. The van der Waals surface area contributed by atoms with Crippen molar-refractivity contribution in [1.82, 2.24) is 19.7 Å². The number of hydrogen-bond acceptors (Lipinski definition) is 5. The van der Waals surface area contributed by atoms with Gasteiger partial charge in [-0.05, 0) is 12.3 Å². The predicted molar refractivity (Wildman–Crippen MR) is 65.6 cm³/mol. The third-order valence-electron chi connectivity index (χ3n) is 2.27. The van der Waals surface area contributed by atoms with E-state index in [1.807, 2.05) is 26.4 Å². The Kier molecular flexibility index (Phi) is 3.09. The number of hydrogen-bond donors (Lipinski definition) is 1. The van der Waals surface area contributed by atoms with Crippen LogP contribution in [0.15, 0.2) is 23.6 Å². The fourth-order valence-electron chi connectivity index (χ4n) is 1.51. The third-order valence-corrected chi connectivity index (χ3v) is 2.83. The molecule has 0 aliphatic heterocycles. The zero-order valence-corrected chi connectivity index (χ0v) is 10.2. The van der Waals surface area contributed by atoms with Gasteiger partial charge in [0, 0.05) is 20.3 Å². The number of rotatable bonds is 3. The largest absolute Gasteiger partial charge is 0.373 e. The first kappa shape index (κ1) is 10.9. The van der Waals surface area contributed by atoms with Crippen LogP contribution in [-0.4, -0.2) is 33.1 Å². The predicted octanol–water partition coefficient (Wildman–Crippen LogP) is 1.64. The van der Waals surface area contributed by atoms with E-state index in [4.69, 9.17) is 0 Å². The Labute approximate surface area is 98.3 Å². The number of nitrogens with one attached hydrogen (secondary N) is 1. The number of nitrogens with zero attached hydrogens (tertiary/aromatic N) is 4. The van der Waals surface area contributed by atoms with Crippen molar-refractivity contribution in [2.45, 2.75) is 5.16 Å². The van der Waals surface area contributed by atoms with E-state index in [-0.39, 0.29) is 0 Å². The zero-order chi connectivity index (χ0) is 11.5. The molecule has 0 bridgehead atoms. The Balaban J connectivity index is 2.49. The van der Waals surface area contributed by atoms with Crippen molar-refractivity contribution in [2.24, 2.45) is 7.05 Å². The first-order valence-electron chi connectivity index (χ1n) is 4.83. The molecule has 0 aromatic carbocycles. The molecule has 0 radical (unpaired) electrons. The molecule has 0 amide bonds. The molecule has 0 fully saturated rings. The maximum atomic E-state index is 4.44. The Morgan fingerprint density at radius 1 is 1.44 bits per heavy atom. The van der Waals surface area contributed by atoms with Crippen LogP contribution in [0.4, 0.5) is 5.82 Å². The summed E-state index contributed by atoms with van der Waals surface area (Å²) < 4.78 is 1.79. The smallest absolute Gasteiger partial charge is 0.187 e. The Morgan fingerprint density at radius 3 is 2.94 bits per heavy atom. The first-order valence-corrected chi connectivity index (χ1v) is 6.06. The Bertz CT molecular complexity index is 494. The Hall–Kier alpha value is -1.56. The van der Waals surface area contributed by atoms with Crippen molar-refractivity contribution in [3.05, 3.63) is 18.5 Å². The van der Waals surface area contributed by atoms with Crippen molar-refractivity contribution in [3.8, 4) is 11.3 Å². The fraction of sp³-hybridized carbons (Fsp3) is 0.300. The maximum absolute atomic E-state index is 4.44. The summed E-state index contributed by atoms with van der Waals surface area (Å²) in [6.07, 6.45) is 5.53. The molecule has 84 valence electrons. The summed E-state index contributed by atoms with van der Waals surface area (Å²) in [7, 11) is 3.77. The van der Waals surface area contributed by atoms with Crippen LogP contribution < -0.4 is 5.32 Å². The summed E-state index contributed by atoms with van der Waals surface area (Å²) in [4.78, 5) is 8.59. The van der Waals surface area contributed by atoms with E-state index in [9.17, 15) is 0 Å². The molecule has 16 heavy (non-hydrogen) atoms. The van der Waals surface area contributed by atoms with Gasteiger partial charge in [-0.25, -0.2) is 9.97 Å². The molecular weight excluding hydrogens is 222 g/mol. The quantitative estimate of drug-likeness (QED) is 0.647. The highest BCUT2D eigenvalue weighted by molar-refractivity contribution is 7.98. The standard InChI is InChI=1S/C10H13N5S/c1-11-9-7(6-13-15(9)2)8-4-5-12-10(14-8)16-3/h4-6,11H,1-3H3. The maximum Gasteiger partial charge on any atom is 0.187 e.